The predicted octanol–water partition coefficient (Wildman–Crippen LogP) is 15.8. The third kappa shape index (κ3) is 43.2. The standard InChI is InChI=1S/5C8H17.2Al/c5*1-3-5-7-8-6-4-2;;/h5*1,3-8H2,2H3;;/q;;;;;;+1. The van der Waals surface area contributed by atoms with Gasteiger partial charge in [0.2, 0.25) is 0 Å². The molecule has 0 amide bonds. The van der Waals surface area contributed by atoms with Crippen LogP contribution in [0.3, 0.4) is 0 Å². The van der Waals surface area contributed by atoms with Gasteiger partial charge in [0.25, 0.3) is 14.1 Å². The van der Waals surface area contributed by atoms with Crippen LogP contribution in [0.25, 0.3) is 0 Å². The van der Waals surface area contributed by atoms with Gasteiger partial charge >= 0.3 is 117 Å². The monoisotopic (exact) mass is 620 g/mol. The van der Waals surface area contributed by atoms with Gasteiger partial charge in [0.1, 0.15) is 0 Å². The van der Waals surface area contributed by atoms with Crippen molar-refractivity contribution in [3.8, 4) is 0 Å². The number of unbranched alkanes of at least 4 members (excludes halogenated alkanes) is 25. The molecule has 0 aliphatic carbocycles. The smallest absolute Gasteiger partial charge is 0.0939 e. The van der Waals surface area contributed by atoms with Crippen molar-refractivity contribution < 1.29 is 0 Å². The van der Waals surface area contributed by atoms with E-state index in [9.17, 15) is 0 Å². The summed E-state index contributed by atoms with van der Waals surface area (Å²) < 4.78 is 0. The Kier molecular flexibility index (Phi) is 47.5. The van der Waals surface area contributed by atoms with Gasteiger partial charge in [-0.05, 0) is 0 Å². The Hall–Kier alpha value is 1.06. The van der Waals surface area contributed by atoms with Crippen molar-refractivity contribution in [1.29, 1.82) is 0 Å². The summed E-state index contributed by atoms with van der Waals surface area (Å²) >= 11 is 0.384. The van der Waals surface area contributed by atoms with Crippen LogP contribution in [0.4, 0.5) is 0 Å². The number of hydrogen-bond acceptors (Lipinski definition) is 0. The maximum atomic E-state index is 2.32. The summed E-state index contributed by atoms with van der Waals surface area (Å²) in [5.74, 6) is 0. The van der Waals surface area contributed by atoms with Gasteiger partial charge in [0.05, 0.1) is 0 Å². The van der Waals surface area contributed by atoms with Gasteiger partial charge in [-0.2, -0.15) is 0 Å². The minimum atomic E-state index is -0.410. The predicted molar refractivity (Wildman–Crippen MR) is 202 cm³/mol. The molecule has 0 aromatic rings. The van der Waals surface area contributed by atoms with E-state index < -0.39 is 14.1 Å². The van der Waals surface area contributed by atoms with Gasteiger partial charge in [-0.15, -0.1) is 0 Å². The molecule has 42 heavy (non-hydrogen) atoms. The molecule has 2 heteroatoms. The zero-order valence-electron chi connectivity index (χ0n) is 30.9. The second-order valence-electron chi connectivity index (χ2n) is 13.9. The van der Waals surface area contributed by atoms with Gasteiger partial charge in [-0.3, -0.25) is 0 Å². The molecule has 0 aromatic carbocycles. The second kappa shape index (κ2) is 44.2. The third-order valence-corrected chi connectivity index (χ3v) is 14.7. The fourth-order valence-electron chi connectivity index (χ4n) is 6.36. The molecule has 250 valence electrons. The van der Waals surface area contributed by atoms with E-state index in [0.717, 1.165) is 15.2 Å². The van der Waals surface area contributed by atoms with E-state index in [1.165, 1.54) is 173 Å². The molecule has 0 rings (SSSR count). The Balaban J connectivity index is 0. The first-order valence-corrected chi connectivity index (χ1v) is 24.7. The zero-order valence-corrected chi connectivity index (χ0v) is 33.2. The average molecular weight is 620 g/mol. The average Bonchev–Trinajstić information content (AvgIpc) is 3.00. The molecule has 0 aliphatic rings. The van der Waals surface area contributed by atoms with Crippen molar-refractivity contribution in [2.24, 2.45) is 0 Å². The molecule has 0 N–H and O–H groups in total. The largest absolute Gasteiger partial charge is 0.261 e. The third-order valence-electron chi connectivity index (χ3n) is 9.42. The van der Waals surface area contributed by atoms with Gasteiger partial charge in [0, 0.05) is 0 Å². The molecule has 0 nitrogen and oxygen atoms in total. The fraction of sp³-hybridized carbons (Fsp3) is 1.00. The Morgan fingerprint density at radius 3 is 0.738 bits per heavy atom. The maximum Gasteiger partial charge on any atom is 0.261 e. The number of hydrogen-bond donors (Lipinski definition) is 0. The van der Waals surface area contributed by atoms with Crippen molar-refractivity contribution >= 4 is 29.4 Å². The molecule has 0 spiro atoms. The molecule has 0 atom stereocenters. The molecular formula is C40H85Al2+. The van der Waals surface area contributed by atoms with Gasteiger partial charge in [0.15, 0.2) is 0 Å². The Labute approximate surface area is 281 Å². The normalized spacial score (nSPS) is 10.9. The van der Waals surface area contributed by atoms with E-state index in [4.69, 9.17) is 0 Å². The van der Waals surface area contributed by atoms with Crippen LogP contribution in [-0.2, 0) is 0 Å². The summed E-state index contributed by atoms with van der Waals surface area (Å²) in [6.07, 6.45) is 44.4. The quantitative estimate of drug-likeness (QED) is 0.0489. The summed E-state index contributed by atoms with van der Waals surface area (Å²) in [5, 5.41) is 8.13. The SMILES string of the molecule is CCCCCCC[CH2][Al+][CH2]CCCCCCC.CCCCCCC[CH2][Al]([CH2]CCCCCCC)[CH2]CCCCCCC. The Bertz CT molecular complexity index is 372. The first kappa shape index (κ1) is 45.2. The summed E-state index contributed by atoms with van der Waals surface area (Å²) in [6.45, 7) is 11.6. The van der Waals surface area contributed by atoms with Crippen LogP contribution < -0.4 is 0 Å². The van der Waals surface area contributed by atoms with E-state index >= 15 is 0 Å². The molecule has 0 unspecified atom stereocenters. The molecule has 0 aliphatic heterocycles. The molecule has 0 saturated carbocycles. The van der Waals surface area contributed by atoms with E-state index in [2.05, 4.69) is 34.6 Å². The molecular weight excluding hydrogens is 534 g/mol. The van der Waals surface area contributed by atoms with Crippen molar-refractivity contribution in [3.05, 3.63) is 0 Å². The van der Waals surface area contributed by atoms with Crippen LogP contribution in [0.5, 0.6) is 0 Å². The summed E-state index contributed by atoms with van der Waals surface area (Å²) in [5.41, 5.74) is 0. The van der Waals surface area contributed by atoms with E-state index in [0.29, 0.717) is 0 Å². The maximum absolute atomic E-state index is 2.32. The van der Waals surface area contributed by atoms with E-state index in [1.807, 2.05) is 0 Å². The van der Waals surface area contributed by atoms with Crippen LogP contribution in [-0.4, -0.2) is 29.4 Å². The van der Waals surface area contributed by atoms with E-state index in [1.54, 1.807) is 45.7 Å². The van der Waals surface area contributed by atoms with Crippen LogP contribution in [0.2, 0.25) is 26.4 Å². The molecule has 0 saturated heterocycles. The summed E-state index contributed by atoms with van der Waals surface area (Å²) in [4.78, 5) is 0. The van der Waals surface area contributed by atoms with E-state index in [-0.39, 0.29) is 0 Å². The van der Waals surface area contributed by atoms with Gasteiger partial charge in [-0.25, -0.2) is 0 Å². The first-order chi connectivity index (χ1) is 20.8. The molecule has 0 aromatic heterocycles. The minimum Gasteiger partial charge on any atom is -0.0939 e. The van der Waals surface area contributed by atoms with Crippen LogP contribution >= 0.6 is 0 Å². The van der Waals surface area contributed by atoms with Crippen LogP contribution in [0, 0.1) is 0 Å². The van der Waals surface area contributed by atoms with Crippen molar-refractivity contribution in [2.75, 3.05) is 0 Å². The minimum absolute atomic E-state index is 0.410. The number of rotatable bonds is 35. The Morgan fingerprint density at radius 2 is 0.476 bits per heavy atom. The molecule has 0 fully saturated rings. The second-order valence-corrected chi connectivity index (χ2v) is 19.1. The molecule has 0 heterocycles. The summed E-state index contributed by atoms with van der Waals surface area (Å²) in [7, 11) is 0. The van der Waals surface area contributed by atoms with Crippen LogP contribution in [0.1, 0.15) is 227 Å². The summed E-state index contributed by atoms with van der Waals surface area (Å²) in [6, 6.07) is 0. The van der Waals surface area contributed by atoms with Crippen molar-refractivity contribution in [2.45, 2.75) is 254 Å². The topological polar surface area (TPSA) is 0 Å². The Morgan fingerprint density at radius 1 is 0.262 bits per heavy atom. The van der Waals surface area contributed by atoms with Gasteiger partial charge in [-0.1, -0.05) is 152 Å². The van der Waals surface area contributed by atoms with Crippen LogP contribution in [0.15, 0.2) is 0 Å². The van der Waals surface area contributed by atoms with Crippen molar-refractivity contribution in [1.82, 2.24) is 0 Å². The molecule has 0 radical (unpaired) electrons. The van der Waals surface area contributed by atoms with Crippen molar-refractivity contribution in [3.63, 3.8) is 0 Å². The fourth-order valence-corrected chi connectivity index (χ4v) is 11.3. The molecule has 0 bridgehead atoms. The first-order valence-electron chi connectivity index (χ1n) is 20.6. The zero-order chi connectivity index (χ0) is 31.0. The van der Waals surface area contributed by atoms with Gasteiger partial charge < -0.3 is 0 Å².